The van der Waals surface area contributed by atoms with Crippen LogP contribution in [0.15, 0.2) is 18.2 Å². The topological polar surface area (TPSA) is 109 Å². The molecule has 4 aliphatic rings. The highest BCUT2D eigenvalue weighted by molar-refractivity contribution is 7.23. The molecule has 4 aromatic rings. The molecule has 0 bridgehead atoms. The number of alkyl halides is 4. The standard InChI is InChI=1S/C35H34F6N6O2S/c36-18-13-34(5-1-11-47(34)16-18)17-48-32-45-28-21(31(46-32)49-19-4-6-33(14-19)7-9-44-10-8-33)12-23(35(39,40)41)26(27(28)38)20-2-3-24(37)29-25(20)22(15-42)30(43)50-29/h2-3,12,18-19,44H,1,4-11,13-14,16-17,43H2/t18-,19?,34?/m1/s1. The van der Waals surface area contributed by atoms with Crippen LogP contribution in [0.3, 0.4) is 0 Å². The lowest BCUT2D eigenvalue weighted by Crippen LogP contribution is -2.43. The number of rotatable bonds is 6. The van der Waals surface area contributed by atoms with Crippen molar-refractivity contribution < 1.29 is 35.8 Å². The van der Waals surface area contributed by atoms with E-state index in [1.165, 1.54) is 0 Å². The number of hydrogen-bond donors (Lipinski definition) is 2. The number of piperidine rings is 1. The van der Waals surface area contributed by atoms with Crippen molar-refractivity contribution in [3.8, 4) is 29.1 Å². The molecule has 5 heterocycles. The lowest BCUT2D eigenvalue weighted by Gasteiger charge is -2.33. The van der Waals surface area contributed by atoms with Crippen LogP contribution in [0.25, 0.3) is 32.1 Å². The number of aromatic nitrogens is 2. The number of fused-ring (bicyclic) bond motifs is 3. The first-order valence-electron chi connectivity index (χ1n) is 16.8. The minimum atomic E-state index is -5.09. The summed E-state index contributed by atoms with van der Waals surface area (Å²) in [6.45, 7) is 2.71. The second-order valence-electron chi connectivity index (χ2n) is 14.2. The number of nitrogens with one attached hydrogen (secondary N) is 1. The Balaban J connectivity index is 1.29. The SMILES string of the molecule is N#Cc1c(N)sc2c(F)ccc(-c3c(C(F)(F)F)cc4c(OC5CCC6(CCNCC6)C5)nc(OCC56CCCN5C[C@H](F)C6)nc4c3F)c12. The third-order valence-electron chi connectivity index (χ3n) is 11.2. The predicted molar refractivity (Wildman–Crippen MR) is 176 cm³/mol. The molecule has 2 aromatic heterocycles. The van der Waals surface area contributed by atoms with Crippen LogP contribution in [-0.2, 0) is 6.18 Å². The number of nitrogens with two attached hydrogens (primary N) is 1. The summed E-state index contributed by atoms with van der Waals surface area (Å²) in [6.07, 6.45) is -0.628. The Bertz CT molecular complexity index is 2040. The summed E-state index contributed by atoms with van der Waals surface area (Å²) < 4.78 is 104. The molecule has 2 unspecified atom stereocenters. The van der Waals surface area contributed by atoms with Crippen molar-refractivity contribution >= 4 is 37.3 Å². The maximum absolute atomic E-state index is 17.0. The van der Waals surface area contributed by atoms with E-state index in [-0.39, 0.29) is 74.6 Å². The lowest BCUT2D eigenvalue weighted by atomic mass is 9.77. The largest absolute Gasteiger partial charge is 0.474 e. The van der Waals surface area contributed by atoms with Crippen LogP contribution < -0.4 is 20.5 Å². The van der Waals surface area contributed by atoms with Crippen LogP contribution in [0.2, 0.25) is 0 Å². The zero-order valence-electron chi connectivity index (χ0n) is 26.9. The second-order valence-corrected chi connectivity index (χ2v) is 15.2. The molecule has 0 amide bonds. The molecule has 2 aromatic carbocycles. The minimum Gasteiger partial charge on any atom is -0.474 e. The number of nitriles is 1. The summed E-state index contributed by atoms with van der Waals surface area (Å²) in [4.78, 5) is 10.8. The van der Waals surface area contributed by atoms with E-state index < -0.39 is 46.2 Å². The zero-order valence-corrected chi connectivity index (χ0v) is 27.8. The minimum absolute atomic E-state index is 0.00527. The number of nitrogen functional groups attached to an aromatic ring is 1. The van der Waals surface area contributed by atoms with E-state index in [0.717, 1.165) is 57.0 Å². The third kappa shape index (κ3) is 5.50. The second kappa shape index (κ2) is 12.1. The van der Waals surface area contributed by atoms with Gasteiger partial charge in [-0.05, 0) is 87.7 Å². The Hall–Kier alpha value is -3.87. The molecule has 264 valence electrons. The van der Waals surface area contributed by atoms with Crippen molar-refractivity contribution in [1.29, 1.82) is 5.26 Å². The van der Waals surface area contributed by atoms with E-state index in [1.54, 1.807) is 0 Å². The van der Waals surface area contributed by atoms with Crippen molar-refractivity contribution in [1.82, 2.24) is 20.2 Å². The fraction of sp³-hybridized carbons (Fsp3) is 0.514. The smallest absolute Gasteiger partial charge is 0.417 e. The Morgan fingerprint density at radius 3 is 2.68 bits per heavy atom. The van der Waals surface area contributed by atoms with Crippen LogP contribution in [-0.4, -0.2) is 65.5 Å². The Morgan fingerprint density at radius 2 is 1.92 bits per heavy atom. The summed E-state index contributed by atoms with van der Waals surface area (Å²) in [5, 5.41) is 12.6. The number of nitrogens with zero attached hydrogens (tertiary/aromatic N) is 4. The first-order valence-corrected chi connectivity index (χ1v) is 17.6. The molecule has 1 aliphatic carbocycles. The molecule has 50 heavy (non-hydrogen) atoms. The average molecular weight is 717 g/mol. The normalized spacial score (nSPS) is 25.1. The summed E-state index contributed by atoms with van der Waals surface area (Å²) in [5.41, 5.74) is 2.03. The molecule has 0 radical (unpaired) electrons. The quantitative estimate of drug-likeness (QED) is 0.197. The highest BCUT2D eigenvalue weighted by Crippen LogP contribution is 2.50. The first kappa shape index (κ1) is 33.3. The molecule has 1 saturated carbocycles. The zero-order chi connectivity index (χ0) is 35.0. The molecule has 1 spiro atoms. The van der Waals surface area contributed by atoms with Crippen LogP contribution in [0.5, 0.6) is 11.9 Å². The van der Waals surface area contributed by atoms with E-state index in [1.807, 2.05) is 11.0 Å². The number of hydrogen-bond acceptors (Lipinski definition) is 9. The van der Waals surface area contributed by atoms with Gasteiger partial charge in [-0.2, -0.15) is 28.4 Å². The fourth-order valence-corrected chi connectivity index (χ4v) is 9.75. The van der Waals surface area contributed by atoms with Crippen molar-refractivity contribution in [3.63, 3.8) is 0 Å². The van der Waals surface area contributed by atoms with Gasteiger partial charge in [0.2, 0.25) is 5.88 Å². The molecule has 3 saturated heterocycles. The first-order chi connectivity index (χ1) is 23.9. The summed E-state index contributed by atoms with van der Waals surface area (Å²) >= 11 is 0.695. The van der Waals surface area contributed by atoms with Gasteiger partial charge in [0.05, 0.1) is 26.8 Å². The van der Waals surface area contributed by atoms with Gasteiger partial charge in [-0.1, -0.05) is 6.07 Å². The van der Waals surface area contributed by atoms with Gasteiger partial charge in [0, 0.05) is 23.9 Å². The maximum atomic E-state index is 17.0. The monoisotopic (exact) mass is 716 g/mol. The fourth-order valence-electron chi connectivity index (χ4n) is 8.80. The van der Waals surface area contributed by atoms with Gasteiger partial charge >= 0.3 is 12.2 Å². The van der Waals surface area contributed by atoms with E-state index >= 15 is 4.39 Å². The maximum Gasteiger partial charge on any atom is 0.417 e. The van der Waals surface area contributed by atoms with Gasteiger partial charge in [0.15, 0.2) is 5.82 Å². The third-order valence-corrected chi connectivity index (χ3v) is 12.2. The van der Waals surface area contributed by atoms with Gasteiger partial charge in [-0.25, -0.2) is 13.2 Å². The highest BCUT2D eigenvalue weighted by Gasteiger charge is 2.49. The molecular weight excluding hydrogens is 682 g/mol. The number of halogens is 6. The van der Waals surface area contributed by atoms with Gasteiger partial charge in [0.1, 0.15) is 41.3 Å². The molecule has 15 heteroatoms. The van der Waals surface area contributed by atoms with Crippen molar-refractivity contribution in [3.05, 3.63) is 41.0 Å². The van der Waals surface area contributed by atoms with Crippen LogP contribution in [0.4, 0.5) is 31.3 Å². The average Bonchev–Trinajstić information content (AvgIpc) is 3.82. The van der Waals surface area contributed by atoms with E-state index in [4.69, 9.17) is 15.2 Å². The van der Waals surface area contributed by atoms with Crippen LogP contribution in [0, 0.1) is 28.4 Å². The highest BCUT2D eigenvalue weighted by atomic mass is 32.1. The lowest BCUT2D eigenvalue weighted by molar-refractivity contribution is -0.137. The Morgan fingerprint density at radius 1 is 1.12 bits per heavy atom. The molecule has 3 atom stereocenters. The van der Waals surface area contributed by atoms with Crippen molar-refractivity contribution in [2.75, 3.05) is 38.5 Å². The molecule has 3 N–H and O–H groups in total. The molecule has 8 nitrogen and oxygen atoms in total. The van der Waals surface area contributed by atoms with Gasteiger partial charge in [-0.3, -0.25) is 4.90 Å². The van der Waals surface area contributed by atoms with Gasteiger partial charge in [0.25, 0.3) is 0 Å². The summed E-state index contributed by atoms with van der Waals surface area (Å²) in [5.74, 6) is -2.41. The number of thiophene rings is 1. The van der Waals surface area contributed by atoms with Gasteiger partial charge in [-0.15, -0.1) is 11.3 Å². The summed E-state index contributed by atoms with van der Waals surface area (Å²) in [7, 11) is 0. The molecule has 4 fully saturated rings. The Kier molecular flexibility index (Phi) is 8.07. The number of anilines is 1. The number of ether oxygens (including phenoxy) is 2. The number of benzene rings is 2. The van der Waals surface area contributed by atoms with Crippen molar-refractivity contribution in [2.45, 2.75) is 75.4 Å². The molecule has 3 aliphatic heterocycles. The van der Waals surface area contributed by atoms with Gasteiger partial charge < -0.3 is 20.5 Å². The van der Waals surface area contributed by atoms with E-state index in [9.17, 15) is 27.2 Å². The van der Waals surface area contributed by atoms with E-state index in [0.29, 0.717) is 37.1 Å². The van der Waals surface area contributed by atoms with E-state index in [2.05, 4.69) is 15.3 Å². The molecule has 8 rings (SSSR count). The Labute approximate surface area is 287 Å². The van der Waals surface area contributed by atoms with Crippen LogP contribution in [0.1, 0.15) is 62.5 Å². The molecular formula is C35H34F6N6O2S. The van der Waals surface area contributed by atoms with Crippen molar-refractivity contribution in [2.24, 2.45) is 5.41 Å². The predicted octanol–water partition coefficient (Wildman–Crippen LogP) is 7.52. The van der Waals surface area contributed by atoms with Crippen LogP contribution >= 0.6 is 11.3 Å². The summed E-state index contributed by atoms with van der Waals surface area (Å²) in [6, 6.07) is 4.21.